The second-order valence-electron chi connectivity index (χ2n) is 6.98. The summed E-state index contributed by atoms with van der Waals surface area (Å²) in [5.74, 6) is 0. The van der Waals surface area contributed by atoms with Crippen LogP contribution in [0.5, 0.6) is 0 Å². The predicted octanol–water partition coefficient (Wildman–Crippen LogP) is 5.76. The van der Waals surface area contributed by atoms with Crippen molar-refractivity contribution in [2.24, 2.45) is 0 Å². The minimum absolute atomic E-state index is 0.0873. The minimum atomic E-state index is -4.24. The van der Waals surface area contributed by atoms with Crippen molar-refractivity contribution in [2.45, 2.75) is 104 Å². The summed E-state index contributed by atoms with van der Waals surface area (Å²) in [5.41, 5.74) is 0. The molecule has 0 radical (unpaired) electrons. The standard InChI is InChI=1S/C18H41O3P/c1-3-5-6-7-8-9-10-11-12-13-14-15-16-17-18-22(19,20,21)4-2/h19-21H,3-18H2,1-2H3. The molecule has 0 aliphatic heterocycles. The zero-order chi connectivity index (χ0) is 16.8. The van der Waals surface area contributed by atoms with Gasteiger partial charge in [0.05, 0.1) is 0 Å². The van der Waals surface area contributed by atoms with E-state index in [1.165, 1.54) is 70.6 Å². The molecule has 3 N–H and O–H groups in total. The van der Waals surface area contributed by atoms with Gasteiger partial charge in [-0.15, -0.1) is 0 Å². The van der Waals surface area contributed by atoms with E-state index in [2.05, 4.69) is 6.92 Å². The summed E-state index contributed by atoms with van der Waals surface area (Å²) in [7, 11) is -4.24. The zero-order valence-corrected chi connectivity index (χ0v) is 16.0. The van der Waals surface area contributed by atoms with E-state index >= 15 is 0 Å². The molecule has 0 spiro atoms. The Morgan fingerprint density at radius 3 is 1.14 bits per heavy atom. The van der Waals surface area contributed by atoms with E-state index in [1.807, 2.05) is 0 Å². The topological polar surface area (TPSA) is 60.7 Å². The van der Waals surface area contributed by atoms with Gasteiger partial charge in [0, 0.05) is 0 Å². The van der Waals surface area contributed by atoms with Crippen LogP contribution >= 0.6 is 7.28 Å². The predicted molar refractivity (Wildman–Crippen MR) is 99.3 cm³/mol. The monoisotopic (exact) mass is 336 g/mol. The van der Waals surface area contributed by atoms with Crippen molar-refractivity contribution >= 4 is 7.28 Å². The second-order valence-corrected chi connectivity index (χ2v) is 10.7. The molecule has 0 unspecified atom stereocenters. The molecule has 0 heterocycles. The van der Waals surface area contributed by atoms with Gasteiger partial charge in [-0.3, -0.25) is 0 Å². The van der Waals surface area contributed by atoms with Gasteiger partial charge in [-0.25, -0.2) is 0 Å². The first kappa shape index (κ1) is 22.3. The Labute approximate surface area is 138 Å². The van der Waals surface area contributed by atoms with E-state index in [-0.39, 0.29) is 12.3 Å². The van der Waals surface area contributed by atoms with E-state index in [1.54, 1.807) is 6.92 Å². The molecular formula is C18H41O3P. The van der Waals surface area contributed by atoms with Crippen LogP contribution in [0.25, 0.3) is 0 Å². The third-order valence-corrected chi connectivity index (χ3v) is 7.15. The first-order valence-electron chi connectivity index (χ1n) is 9.65. The van der Waals surface area contributed by atoms with E-state index < -0.39 is 7.28 Å². The van der Waals surface area contributed by atoms with Gasteiger partial charge in [-0.2, -0.15) is 0 Å². The number of unbranched alkanes of at least 4 members (excludes halogenated alkanes) is 13. The van der Waals surface area contributed by atoms with Crippen LogP contribution in [-0.2, 0) is 0 Å². The Morgan fingerprint density at radius 1 is 0.500 bits per heavy atom. The number of hydrogen-bond acceptors (Lipinski definition) is 3. The van der Waals surface area contributed by atoms with Crippen LogP contribution in [0, 0.1) is 0 Å². The van der Waals surface area contributed by atoms with Gasteiger partial charge in [-0.1, -0.05) is 26.2 Å². The third kappa shape index (κ3) is 15.2. The summed E-state index contributed by atoms with van der Waals surface area (Å²) >= 11 is 0. The van der Waals surface area contributed by atoms with Gasteiger partial charge in [0.25, 0.3) is 0 Å². The Balaban J connectivity index is 3.18. The summed E-state index contributed by atoms with van der Waals surface area (Å²) < 4.78 is 0. The van der Waals surface area contributed by atoms with Crippen LogP contribution in [0.2, 0.25) is 0 Å². The van der Waals surface area contributed by atoms with Crippen LogP contribution < -0.4 is 0 Å². The third-order valence-electron chi connectivity index (χ3n) is 4.62. The van der Waals surface area contributed by atoms with Crippen molar-refractivity contribution in [3.05, 3.63) is 0 Å². The molecule has 0 bridgehead atoms. The molecule has 0 rings (SSSR count). The van der Waals surface area contributed by atoms with Gasteiger partial charge in [0.2, 0.25) is 0 Å². The van der Waals surface area contributed by atoms with Crippen molar-refractivity contribution in [3.63, 3.8) is 0 Å². The molecular weight excluding hydrogens is 295 g/mol. The molecule has 0 atom stereocenters. The molecule has 22 heavy (non-hydrogen) atoms. The SMILES string of the molecule is CCCCCCCCCCCCCCCCP(O)(O)(O)CC. The van der Waals surface area contributed by atoms with Crippen molar-refractivity contribution < 1.29 is 14.7 Å². The maximum atomic E-state index is 9.62. The van der Waals surface area contributed by atoms with Gasteiger partial charge in [0.1, 0.15) is 0 Å². The van der Waals surface area contributed by atoms with Crippen LogP contribution in [0.3, 0.4) is 0 Å². The normalized spacial score (nSPS) is 14.0. The summed E-state index contributed by atoms with van der Waals surface area (Å²) in [4.78, 5) is 28.9. The molecule has 0 aliphatic rings. The molecule has 4 heteroatoms. The Bertz CT molecular complexity index is 248. The van der Waals surface area contributed by atoms with Crippen LogP contribution in [0.15, 0.2) is 0 Å². The van der Waals surface area contributed by atoms with Crippen molar-refractivity contribution in [1.29, 1.82) is 0 Å². The fraction of sp³-hybridized carbons (Fsp3) is 1.00. The first-order chi connectivity index (χ1) is 10.4. The molecule has 3 nitrogen and oxygen atoms in total. The van der Waals surface area contributed by atoms with E-state index in [0.717, 1.165) is 19.3 Å². The van der Waals surface area contributed by atoms with Crippen LogP contribution in [0.4, 0.5) is 0 Å². The first-order valence-corrected chi connectivity index (χ1v) is 12.1. The zero-order valence-electron chi connectivity index (χ0n) is 15.1. The fourth-order valence-corrected chi connectivity index (χ4v) is 3.98. The molecule has 0 aliphatic carbocycles. The number of hydrogen-bond donors (Lipinski definition) is 3. The Morgan fingerprint density at radius 2 is 0.818 bits per heavy atom. The van der Waals surface area contributed by atoms with Gasteiger partial charge in [-0.05, 0) is 0 Å². The molecule has 0 amide bonds. The molecule has 136 valence electrons. The average molecular weight is 336 g/mol. The number of rotatable bonds is 16. The van der Waals surface area contributed by atoms with Crippen LogP contribution in [0.1, 0.15) is 104 Å². The summed E-state index contributed by atoms with van der Waals surface area (Å²) in [6, 6.07) is 0. The maximum absolute atomic E-state index is 9.62. The average Bonchev–Trinajstić information content (AvgIpc) is 2.47. The molecule has 0 saturated carbocycles. The fourth-order valence-electron chi connectivity index (χ4n) is 2.79. The summed E-state index contributed by atoms with van der Waals surface area (Å²) in [6.45, 7) is 3.90. The van der Waals surface area contributed by atoms with Crippen molar-refractivity contribution in [2.75, 3.05) is 12.3 Å². The van der Waals surface area contributed by atoms with Crippen molar-refractivity contribution in [1.82, 2.24) is 0 Å². The van der Waals surface area contributed by atoms with Gasteiger partial charge in [0.15, 0.2) is 0 Å². The Hall–Kier alpha value is 0.310. The van der Waals surface area contributed by atoms with Gasteiger partial charge < -0.3 is 0 Å². The molecule has 0 aromatic carbocycles. The van der Waals surface area contributed by atoms with E-state index in [9.17, 15) is 14.7 Å². The molecule has 0 aromatic heterocycles. The summed E-state index contributed by atoms with van der Waals surface area (Å²) in [6.07, 6.45) is 18.1. The van der Waals surface area contributed by atoms with E-state index in [4.69, 9.17) is 0 Å². The van der Waals surface area contributed by atoms with Gasteiger partial charge >= 0.3 is 112 Å². The Kier molecular flexibility index (Phi) is 12.9. The molecule has 0 fully saturated rings. The molecule has 0 saturated heterocycles. The van der Waals surface area contributed by atoms with Crippen LogP contribution in [-0.4, -0.2) is 27.0 Å². The summed E-state index contributed by atoms with van der Waals surface area (Å²) in [5, 5.41) is 0. The van der Waals surface area contributed by atoms with Crippen molar-refractivity contribution in [3.8, 4) is 0 Å². The van der Waals surface area contributed by atoms with E-state index in [0.29, 0.717) is 0 Å². The quantitative estimate of drug-likeness (QED) is 0.248. The molecule has 0 aromatic rings. The second kappa shape index (κ2) is 12.7.